The van der Waals surface area contributed by atoms with E-state index >= 15 is 0 Å². The van der Waals surface area contributed by atoms with Crippen molar-refractivity contribution >= 4 is 38.9 Å². The molecule has 0 aliphatic carbocycles. The van der Waals surface area contributed by atoms with E-state index in [2.05, 4.69) is 25.9 Å². The third kappa shape index (κ3) is 2.52. The van der Waals surface area contributed by atoms with Crippen molar-refractivity contribution in [2.45, 2.75) is 18.9 Å². The number of amidine groups is 1. The highest BCUT2D eigenvalue weighted by atomic mass is 79.9. The van der Waals surface area contributed by atoms with Crippen LogP contribution in [-0.4, -0.2) is 68.1 Å². The fourth-order valence-corrected chi connectivity index (χ4v) is 4.35. The zero-order chi connectivity index (χ0) is 17.8. The largest absolute Gasteiger partial charge is 0.465 e. The summed E-state index contributed by atoms with van der Waals surface area (Å²) in [7, 11) is 0. The molecule has 0 aromatic rings. The van der Waals surface area contributed by atoms with Crippen LogP contribution in [0.5, 0.6) is 0 Å². The lowest BCUT2D eigenvalue weighted by molar-refractivity contribution is -0.746. The molecule has 3 N–H and O–H groups in total. The molecule has 0 bridgehead atoms. The number of allylic oxidation sites excluding steroid dienone is 1. The lowest BCUT2D eigenvalue weighted by atomic mass is 9.88. The number of piperazine rings is 1. The van der Waals surface area contributed by atoms with E-state index in [1.54, 1.807) is 23.5 Å². The van der Waals surface area contributed by atoms with E-state index in [1.165, 1.54) is 4.90 Å². The molecule has 10 heteroatoms. The van der Waals surface area contributed by atoms with Crippen LogP contribution in [-0.2, 0) is 4.79 Å². The topological polar surface area (TPSA) is 112 Å². The van der Waals surface area contributed by atoms with Gasteiger partial charge < -0.3 is 10.0 Å². The average Bonchev–Trinajstić information content (AvgIpc) is 2.86. The third-order valence-corrected chi connectivity index (χ3v) is 5.97. The van der Waals surface area contributed by atoms with Gasteiger partial charge in [-0.15, -0.1) is 4.59 Å². The Morgan fingerprint density at radius 2 is 2.20 bits per heavy atom. The second-order valence-corrected chi connectivity index (χ2v) is 7.35. The maximum absolute atomic E-state index is 12.4. The molecular formula is C15H18BrN6O3+. The van der Waals surface area contributed by atoms with E-state index in [4.69, 9.17) is 10.9 Å². The van der Waals surface area contributed by atoms with Gasteiger partial charge in [-0.1, -0.05) is 0 Å². The maximum atomic E-state index is 12.4. The predicted octanol–water partition coefficient (Wildman–Crippen LogP) is 0.809. The number of nitrogens with two attached hydrogens (primary N) is 1. The van der Waals surface area contributed by atoms with Crippen molar-refractivity contribution in [2.24, 2.45) is 21.7 Å². The molecule has 0 spiro atoms. The Labute approximate surface area is 152 Å². The molecule has 4 aliphatic rings. The molecule has 25 heavy (non-hydrogen) atoms. The SMILES string of the molecule is N[N+]12C=CN=CC1=C(C1CCC3CN(C(=O)O)CC(=O)N3C1)N=C2Br. The Morgan fingerprint density at radius 1 is 1.40 bits per heavy atom. The zero-order valence-corrected chi connectivity index (χ0v) is 15.0. The minimum absolute atomic E-state index is 0.0422. The molecule has 4 heterocycles. The number of carbonyl (C=O) groups is 2. The highest BCUT2D eigenvalue weighted by Gasteiger charge is 2.47. The van der Waals surface area contributed by atoms with Gasteiger partial charge in [0, 0.05) is 41.0 Å². The Kier molecular flexibility index (Phi) is 3.78. The first-order valence-corrected chi connectivity index (χ1v) is 8.84. The fraction of sp³-hybridized carbons (Fsp3) is 0.467. The van der Waals surface area contributed by atoms with Crippen LogP contribution in [0.1, 0.15) is 12.8 Å². The highest BCUT2D eigenvalue weighted by molar-refractivity contribution is 9.18. The van der Waals surface area contributed by atoms with E-state index in [0.29, 0.717) is 17.8 Å². The number of carbonyl (C=O) groups excluding carboxylic acids is 1. The Morgan fingerprint density at radius 3 is 2.96 bits per heavy atom. The van der Waals surface area contributed by atoms with Gasteiger partial charge in [0.25, 0.3) is 0 Å². The second kappa shape index (κ2) is 5.75. The van der Waals surface area contributed by atoms with Crippen LogP contribution in [0.2, 0.25) is 0 Å². The summed E-state index contributed by atoms with van der Waals surface area (Å²) in [5, 5.41) is 9.15. The van der Waals surface area contributed by atoms with Crippen molar-refractivity contribution in [3.05, 3.63) is 23.8 Å². The molecule has 4 rings (SSSR count). The molecule has 132 valence electrons. The molecule has 2 fully saturated rings. The van der Waals surface area contributed by atoms with Crippen LogP contribution < -0.4 is 5.84 Å². The molecule has 2 saturated heterocycles. The molecule has 0 aromatic heterocycles. The van der Waals surface area contributed by atoms with Crippen molar-refractivity contribution in [1.82, 2.24) is 9.80 Å². The van der Waals surface area contributed by atoms with E-state index in [0.717, 1.165) is 24.2 Å². The van der Waals surface area contributed by atoms with E-state index in [9.17, 15) is 9.59 Å². The van der Waals surface area contributed by atoms with Gasteiger partial charge in [0.2, 0.25) is 11.6 Å². The molecule has 0 saturated carbocycles. The molecular weight excluding hydrogens is 392 g/mol. The quantitative estimate of drug-likeness (QED) is 0.379. The van der Waals surface area contributed by atoms with Crippen molar-refractivity contribution in [1.29, 1.82) is 0 Å². The number of amides is 2. The first-order chi connectivity index (χ1) is 11.9. The molecule has 4 aliphatic heterocycles. The number of hydrogen-bond donors (Lipinski definition) is 2. The molecule has 3 unspecified atom stereocenters. The van der Waals surface area contributed by atoms with E-state index in [-0.39, 0.29) is 29.0 Å². The summed E-state index contributed by atoms with van der Waals surface area (Å²) >= 11 is 3.44. The smallest absolute Gasteiger partial charge is 0.407 e. The monoisotopic (exact) mass is 409 g/mol. The average molecular weight is 410 g/mol. The van der Waals surface area contributed by atoms with Crippen LogP contribution in [0.25, 0.3) is 0 Å². The van der Waals surface area contributed by atoms with Gasteiger partial charge in [-0.3, -0.25) is 14.7 Å². The predicted molar refractivity (Wildman–Crippen MR) is 93.3 cm³/mol. The van der Waals surface area contributed by atoms with Crippen LogP contribution in [0.3, 0.4) is 0 Å². The minimum Gasteiger partial charge on any atom is -0.465 e. The summed E-state index contributed by atoms with van der Waals surface area (Å²) < 4.78 is 0.545. The number of piperidine rings is 1. The lowest BCUT2D eigenvalue weighted by Gasteiger charge is -2.45. The van der Waals surface area contributed by atoms with E-state index < -0.39 is 6.09 Å². The van der Waals surface area contributed by atoms with Gasteiger partial charge in [0.1, 0.15) is 18.4 Å². The second-order valence-electron chi connectivity index (χ2n) is 6.64. The summed E-state index contributed by atoms with van der Waals surface area (Å²) in [5.74, 6) is 6.29. The van der Waals surface area contributed by atoms with Crippen molar-refractivity contribution < 1.29 is 19.3 Å². The molecule has 2 amide bonds. The molecule has 3 atom stereocenters. The van der Waals surface area contributed by atoms with Crippen LogP contribution in [0, 0.1) is 5.92 Å². The minimum atomic E-state index is -1.04. The van der Waals surface area contributed by atoms with Gasteiger partial charge in [-0.2, -0.15) is 10.8 Å². The number of fused-ring (bicyclic) bond motifs is 2. The number of quaternary nitrogens is 1. The van der Waals surface area contributed by atoms with Gasteiger partial charge >= 0.3 is 10.8 Å². The number of aliphatic imine (C=N–C) groups is 2. The lowest BCUT2D eigenvalue weighted by Crippen LogP contribution is -2.60. The number of carboxylic acid groups (broad SMARTS) is 1. The van der Waals surface area contributed by atoms with Crippen LogP contribution in [0.15, 0.2) is 33.8 Å². The number of nitrogens with zero attached hydrogens (tertiary/aromatic N) is 5. The number of hydrogen-bond acceptors (Lipinski definition) is 5. The van der Waals surface area contributed by atoms with Crippen LogP contribution >= 0.6 is 15.9 Å². The third-order valence-electron chi connectivity index (χ3n) is 5.20. The van der Waals surface area contributed by atoms with Gasteiger partial charge in [-0.05, 0) is 12.8 Å². The summed E-state index contributed by atoms with van der Waals surface area (Å²) in [6.07, 6.45) is 5.61. The first kappa shape index (κ1) is 16.4. The maximum Gasteiger partial charge on any atom is 0.407 e. The summed E-state index contributed by atoms with van der Waals surface area (Å²) in [5.41, 5.74) is 1.64. The van der Waals surface area contributed by atoms with Gasteiger partial charge in [0.15, 0.2) is 0 Å². The molecule has 9 nitrogen and oxygen atoms in total. The first-order valence-electron chi connectivity index (χ1n) is 8.05. The van der Waals surface area contributed by atoms with E-state index in [1.807, 2.05) is 0 Å². The van der Waals surface area contributed by atoms with Crippen LogP contribution in [0.4, 0.5) is 4.79 Å². The number of halogens is 1. The fourth-order valence-electron chi connectivity index (χ4n) is 3.85. The zero-order valence-electron chi connectivity index (χ0n) is 13.4. The van der Waals surface area contributed by atoms with Crippen molar-refractivity contribution in [3.8, 4) is 0 Å². The van der Waals surface area contributed by atoms with Crippen molar-refractivity contribution in [2.75, 3.05) is 19.6 Å². The summed E-state index contributed by atoms with van der Waals surface area (Å²) in [4.78, 5) is 35.3. The Hall–Kier alpha value is -2.04. The molecule has 0 aromatic carbocycles. The Bertz CT molecular complexity index is 775. The van der Waals surface area contributed by atoms with Crippen molar-refractivity contribution in [3.63, 3.8) is 0 Å². The summed E-state index contributed by atoms with van der Waals surface area (Å²) in [6.45, 7) is 0.809. The normalized spacial score (nSPS) is 34.2. The Balaban J connectivity index is 1.58. The van der Waals surface area contributed by atoms with Gasteiger partial charge in [0.05, 0.1) is 12.4 Å². The summed E-state index contributed by atoms with van der Waals surface area (Å²) in [6, 6.07) is -0.0648. The van der Waals surface area contributed by atoms with Gasteiger partial charge in [-0.25, -0.2) is 4.79 Å². The molecule has 0 radical (unpaired) electrons. The highest BCUT2D eigenvalue weighted by Crippen LogP contribution is 2.38. The number of rotatable bonds is 1. The standard InChI is InChI=1S/C15H17BrN6O3/c16-14-19-13(11-5-18-3-4-22(11,14)17)9-1-2-10-7-20(15(24)25)8-12(23)21(10)6-9/h3-5,9-10H,1-2,6-8,17H2/p+1.